The Morgan fingerprint density at radius 2 is 1.91 bits per heavy atom. The van der Waals surface area contributed by atoms with E-state index in [1.54, 1.807) is 6.07 Å². The molecule has 1 atom stereocenters. The van der Waals surface area contributed by atoms with Crippen molar-refractivity contribution in [1.82, 2.24) is 0 Å². The van der Waals surface area contributed by atoms with Gasteiger partial charge in [-0.3, -0.25) is 0 Å². The molecule has 0 aliphatic carbocycles. The number of rotatable bonds is 1. The first-order valence-corrected chi connectivity index (χ1v) is 4.87. The molecule has 0 saturated carbocycles. The van der Waals surface area contributed by atoms with Crippen LogP contribution < -0.4 is 0 Å². The van der Waals surface area contributed by atoms with E-state index in [0.29, 0.717) is 14.9 Å². The second kappa shape index (κ2) is 3.79. The van der Waals surface area contributed by atoms with Crippen molar-refractivity contribution in [2.75, 3.05) is 0 Å². The van der Waals surface area contributed by atoms with Gasteiger partial charge in [0, 0.05) is 4.83 Å². The second-order valence-electron chi connectivity index (χ2n) is 2.29. The third-order valence-corrected chi connectivity index (χ3v) is 2.67. The maximum Gasteiger partial charge on any atom is 0.0595 e. The molecular weight excluding hydrogens is 247 g/mol. The summed E-state index contributed by atoms with van der Waals surface area (Å²) in [5.74, 6) is 0. The van der Waals surface area contributed by atoms with Gasteiger partial charge in [-0.15, -0.1) is 0 Å². The Kier molecular flexibility index (Phi) is 3.23. The quantitative estimate of drug-likeness (QED) is 0.649. The molecular formula is C8H7BrCl2. The Balaban J connectivity index is 3.05. The molecule has 1 aromatic carbocycles. The van der Waals surface area contributed by atoms with E-state index < -0.39 is 0 Å². The number of benzene rings is 1. The minimum atomic E-state index is 0.317. The van der Waals surface area contributed by atoms with Crippen LogP contribution in [0.3, 0.4) is 0 Å². The van der Waals surface area contributed by atoms with Crippen LogP contribution in [0.2, 0.25) is 10.0 Å². The van der Waals surface area contributed by atoms with Crippen LogP contribution in [0, 0.1) is 0 Å². The van der Waals surface area contributed by atoms with Gasteiger partial charge in [0.1, 0.15) is 0 Å². The fourth-order valence-electron chi connectivity index (χ4n) is 0.760. The van der Waals surface area contributed by atoms with Crippen LogP contribution in [-0.4, -0.2) is 0 Å². The van der Waals surface area contributed by atoms with Gasteiger partial charge in [-0.2, -0.15) is 0 Å². The fraction of sp³-hybridized carbons (Fsp3) is 0.250. The van der Waals surface area contributed by atoms with Crippen LogP contribution in [0.4, 0.5) is 0 Å². The molecule has 0 unspecified atom stereocenters. The van der Waals surface area contributed by atoms with Crippen molar-refractivity contribution in [2.24, 2.45) is 0 Å². The maximum absolute atomic E-state index is 5.81. The Morgan fingerprint density at radius 3 is 2.36 bits per heavy atom. The summed E-state index contributed by atoms with van der Waals surface area (Å²) in [6, 6.07) is 5.62. The molecule has 0 aromatic heterocycles. The average molecular weight is 254 g/mol. The number of hydrogen-bond acceptors (Lipinski definition) is 0. The summed E-state index contributed by atoms with van der Waals surface area (Å²) in [5.41, 5.74) is 1.14. The number of halogens is 3. The molecule has 1 aromatic rings. The predicted octanol–water partition coefficient (Wildman–Crippen LogP) is 4.45. The van der Waals surface area contributed by atoms with Crippen molar-refractivity contribution in [3.8, 4) is 0 Å². The molecule has 0 bridgehead atoms. The van der Waals surface area contributed by atoms with E-state index in [1.165, 1.54) is 0 Å². The van der Waals surface area contributed by atoms with Gasteiger partial charge in [-0.1, -0.05) is 45.2 Å². The lowest BCUT2D eigenvalue weighted by molar-refractivity contribution is 1.12. The standard InChI is InChI=1S/C8H7BrCl2/c1-5(9)6-2-3-7(10)8(11)4-6/h2-5H,1H3/t5-/m1/s1. The second-order valence-corrected chi connectivity index (χ2v) is 4.48. The SMILES string of the molecule is C[C@@H](Br)c1ccc(Cl)c(Cl)c1. The minimum absolute atomic E-state index is 0.317. The van der Waals surface area contributed by atoms with E-state index in [1.807, 2.05) is 19.1 Å². The summed E-state index contributed by atoms with van der Waals surface area (Å²) in [7, 11) is 0. The highest BCUT2D eigenvalue weighted by molar-refractivity contribution is 9.09. The summed E-state index contributed by atoms with van der Waals surface area (Å²) >= 11 is 15.0. The van der Waals surface area contributed by atoms with Crippen molar-refractivity contribution in [2.45, 2.75) is 11.8 Å². The molecule has 3 heteroatoms. The summed E-state index contributed by atoms with van der Waals surface area (Å²) in [6.07, 6.45) is 0. The van der Waals surface area contributed by atoms with Gasteiger partial charge in [0.05, 0.1) is 10.0 Å². The number of hydrogen-bond donors (Lipinski definition) is 0. The van der Waals surface area contributed by atoms with E-state index in [4.69, 9.17) is 23.2 Å². The van der Waals surface area contributed by atoms with E-state index >= 15 is 0 Å². The van der Waals surface area contributed by atoms with E-state index in [-0.39, 0.29) is 0 Å². The van der Waals surface area contributed by atoms with Gasteiger partial charge in [0.2, 0.25) is 0 Å². The first kappa shape index (κ1) is 9.37. The molecule has 0 fully saturated rings. The summed E-state index contributed by atoms with van der Waals surface area (Å²) in [5, 5.41) is 1.21. The minimum Gasteiger partial charge on any atom is -0.0842 e. The summed E-state index contributed by atoms with van der Waals surface area (Å²) in [4.78, 5) is 0.317. The van der Waals surface area contributed by atoms with Crippen LogP contribution in [0.15, 0.2) is 18.2 Å². The first-order valence-electron chi connectivity index (χ1n) is 3.20. The topological polar surface area (TPSA) is 0 Å². The van der Waals surface area contributed by atoms with Crippen LogP contribution in [0.25, 0.3) is 0 Å². The van der Waals surface area contributed by atoms with E-state index in [9.17, 15) is 0 Å². The van der Waals surface area contributed by atoms with Crippen molar-refractivity contribution in [3.05, 3.63) is 33.8 Å². The van der Waals surface area contributed by atoms with Crippen LogP contribution >= 0.6 is 39.1 Å². The fourth-order valence-corrected chi connectivity index (χ4v) is 1.35. The summed E-state index contributed by atoms with van der Waals surface area (Å²) in [6.45, 7) is 2.04. The lowest BCUT2D eigenvalue weighted by atomic mass is 10.2. The molecule has 0 heterocycles. The van der Waals surface area contributed by atoms with E-state index in [2.05, 4.69) is 15.9 Å². The Labute approximate surface area is 84.6 Å². The van der Waals surface area contributed by atoms with Gasteiger partial charge in [0.25, 0.3) is 0 Å². The van der Waals surface area contributed by atoms with Crippen molar-refractivity contribution >= 4 is 39.1 Å². The lowest BCUT2D eigenvalue weighted by Gasteiger charge is -2.03. The highest BCUT2D eigenvalue weighted by Crippen LogP contribution is 2.28. The maximum atomic E-state index is 5.81. The molecule has 0 saturated heterocycles. The van der Waals surface area contributed by atoms with Crippen molar-refractivity contribution < 1.29 is 0 Å². The van der Waals surface area contributed by atoms with Gasteiger partial charge in [-0.25, -0.2) is 0 Å². The zero-order valence-corrected chi connectivity index (χ0v) is 9.04. The average Bonchev–Trinajstić information content (AvgIpc) is 1.94. The molecule has 0 nitrogen and oxygen atoms in total. The molecule has 0 radical (unpaired) electrons. The smallest absolute Gasteiger partial charge is 0.0595 e. The third kappa shape index (κ3) is 2.36. The zero-order valence-electron chi connectivity index (χ0n) is 5.94. The zero-order chi connectivity index (χ0) is 8.43. The van der Waals surface area contributed by atoms with Crippen LogP contribution in [0.5, 0.6) is 0 Å². The Morgan fingerprint density at radius 1 is 1.27 bits per heavy atom. The normalized spacial score (nSPS) is 13.1. The van der Waals surface area contributed by atoms with Crippen molar-refractivity contribution in [3.63, 3.8) is 0 Å². The van der Waals surface area contributed by atoms with Crippen molar-refractivity contribution in [1.29, 1.82) is 0 Å². The highest BCUT2D eigenvalue weighted by Gasteiger charge is 2.02. The monoisotopic (exact) mass is 252 g/mol. The van der Waals surface area contributed by atoms with E-state index in [0.717, 1.165) is 5.56 Å². The molecule has 0 N–H and O–H groups in total. The Hall–Kier alpha value is 0.280. The molecule has 0 spiro atoms. The first-order chi connectivity index (χ1) is 5.11. The van der Waals surface area contributed by atoms with Gasteiger partial charge in [-0.05, 0) is 24.6 Å². The molecule has 11 heavy (non-hydrogen) atoms. The molecule has 0 aliphatic rings. The molecule has 60 valence electrons. The van der Waals surface area contributed by atoms with Gasteiger partial charge in [0.15, 0.2) is 0 Å². The summed E-state index contributed by atoms with van der Waals surface area (Å²) < 4.78 is 0. The highest BCUT2D eigenvalue weighted by atomic mass is 79.9. The van der Waals surface area contributed by atoms with Crippen LogP contribution in [-0.2, 0) is 0 Å². The number of alkyl halides is 1. The van der Waals surface area contributed by atoms with Gasteiger partial charge >= 0.3 is 0 Å². The predicted molar refractivity (Wildman–Crippen MR) is 53.8 cm³/mol. The van der Waals surface area contributed by atoms with Crippen LogP contribution in [0.1, 0.15) is 17.3 Å². The molecule has 1 rings (SSSR count). The largest absolute Gasteiger partial charge is 0.0842 e. The lowest BCUT2D eigenvalue weighted by Crippen LogP contribution is -1.82. The molecule has 0 aliphatic heterocycles. The molecule has 0 amide bonds. The third-order valence-electron chi connectivity index (χ3n) is 1.40. The Bertz CT molecular complexity index is 258. The van der Waals surface area contributed by atoms with Gasteiger partial charge < -0.3 is 0 Å².